The van der Waals surface area contributed by atoms with Crippen molar-refractivity contribution in [3.05, 3.63) is 72.3 Å². The normalized spacial score (nSPS) is 18.6. The van der Waals surface area contributed by atoms with E-state index in [0.29, 0.717) is 5.92 Å². The zero-order chi connectivity index (χ0) is 16.4. The van der Waals surface area contributed by atoms with Gasteiger partial charge in [0.25, 0.3) is 0 Å². The number of nitrogens with one attached hydrogen (secondary N) is 1. The predicted molar refractivity (Wildman–Crippen MR) is 92.5 cm³/mol. The Morgan fingerprint density at radius 1 is 1.08 bits per heavy atom. The van der Waals surface area contributed by atoms with E-state index in [9.17, 15) is 4.39 Å². The molecule has 4 heteroatoms. The summed E-state index contributed by atoms with van der Waals surface area (Å²) in [6.45, 7) is 1.83. The van der Waals surface area contributed by atoms with Gasteiger partial charge in [0.15, 0.2) is 0 Å². The number of fused-ring (bicyclic) bond motifs is 1. The number of halogens is 1. The molecule has 3 nitrogen and oxygen atoms in total. The molecule has 122 valence electrons. The summed E-state index contributed by atoms with van der Waals surface area (Å²) in [6.07, 6.45) is 3.73. The van der Waals surface area contributed by atoms with Crippen LogP contribution in [0.3, 0.4) is 0 Å². The molecule has 1 N–H and O–H groups in total. The summed E-state index contributed by atoms with van der Waals surface area (Å²) in [5.74, 6) is 0.778. The van der Waals surface area contributed by atoms with Gasteiger partial charge in [-0.05, 0) is 41.9 Å². The Balaban J connectivity index is 1.67. The number of benzene rings is 2. The lowest BCUT2D eigenvalue weighted by molar-refractivity contribution is 0.144. The molecule has 1 fully saturated rings. The lowest BCUT2D eigenvalue weighted by atomic mass is 9.95. The van der Waals surface area contributed by atoms with Gasteiger partial charge < -0.3 is 10.1 Å². The van der Waals surface area contributed by atoms with E-state index in [1.165, 1.54) is 17.6 Å². The molecule has 1 saturated heterocycles. The van der Waals surface area contributed by atoms with Crippen LogP contribution in [0.5, 0.6) is 5.75 Å². The maximum Gasteiger partial charge on any atom is 0.141 e. The highest BCUT2D eigenvalue weighted by Crippen LogP contribution is 2.33. The molecular formula is C20H19FN2O. The minimum absolute atomic E-state index is 0.204. The zero-order valence-electron chi connectivity index (χ0n) is 13.3. The second kappa shape index (κ2) is 6.57. The molecule has 1 aliphatic rings. The maximum absolute atomic E-state index is 13.6. The van der Waals surface area contributed by atoms with Crippen LogP contribution in [0.15, 0.2) is 60.9 Å². The van der Waals surface area contributed by atoms with Crippen molar-refractivity contribution < 1.29 is 9.13 Å². The second-order valence-corrected chi connectivity index (χ2v) is 6.24. The van der Waals surface area contributed by atoms with Crippen LogP contribution >= 0.6 is 0 Å². The monoisotopic (exact) mass is 322 g/mol. The Morgan fingerprint density at radius 2 is 1.96 bits per heavy atom. The van der Waals surface area contributed by atoms with E-state index in [-0.39, 0.29) is 11.9 Å². The first-order valence-corrected chi connectivity index (χ1v) is 8.26. The summed E-state index contributed by atoms with van der Waals surface area (Å²) < 4.78 is 19.9. The van der Waals surface area contributed by atoms with Crippen LogP contribution in [0.1, 0.15) is 18.1 Å². The van der Waals surface area contributed by atoms with Crippen molar-refractivity contribution in [2.75, 3.05) is 13.1 Å². The molecule has 0 amide bonds. The average Bonchev–Trinajstić information content (AvgIpc) is 3.14. The Morgan fingerprint density at radius 3 is 2.75 bits per heavy atom. The lowest BCUT2D eigenvalue weighted by Gasteiger charge is -2.25. The molecule has 2 atom stereocenters. The number of nitrogens with zero attached hydrogens (tertiary/aromatic N) is 1. The fourth-order valence-corrected chi connectivity index (χ4v) is 3.34. The SMILES string of the molecule is Fc1cncc([C@@H](Oc2ccc3ccccc3c2)[C@@H]2CCNC2)c1. The highest BCUT2D eigenvalue weighted by Gasteiger charge is 2.28. The summed E-state index contributed by atoms with van der Waals surface area (Å²) in [6, 6.07) is 15.8. The van der Waals surface area contributed by atoms with E-state index in [1.807, 2.05) is 24.3 Å². The third-order valence-corrected chi connectivity index (χ3v) is 4.57. The maximum atomic E-state index is 13.6. The highest BCUT2D eigenvalue weighted by atomic mass is 19.1. The molecule has 24 heavy (non-hydrogen) atoms. The molecule has 1 aliphatic heterocycles. The van der Waals surface area contributed by atoms with Crippen LogP contribution in [-0.4, -0.2) is 18.1 Å². The largest absolute Gasteiger partial charge is 0.485 e. The summed E-state index contributed by atoms with van der Waals surface area (Å²) in [4.78, 5) is 3.99. The second-order valence-electron chi connectivity index (χ2n) is 6.24. The van der Waals surface area contributed by atoms with Crippen molar-refractivity contribution in [1.29, 1.82) is 0 Å². The number of ether oxygens (including phenoxy) is 1. The van der Waals surface area contributed by atoms with E-state index in [1.54, 1.807) is 6.20 Å². The van der Waals surface area contributed by atoms with E-state index in [0.717, 1.165) is 36.2 Å². The zero-order valence-corrected chi connectivity index (χ0v) is 13.3. The van der Waals surface area contributed by atoms with Crippen LogP contribution < -0.4 is 10.1 Å². The summed E-state index contributed by atoms with van der Waals surface area (Å²) >= 11 is 0. The predicted octanol–water partition coefficient (Wildman–Crippen LogP) is 4.10. The van der Waals surface area contributed by atoms with Crippen molar-refractivity contribution in [3.63, 3.8) is 0 Å². The molecule has 0 unspecified atom stereocenters. The van der Waals surface area contributed by atoms with Crippen LogP contribution in [0.25, 0.3) is 10.8 Å². The topological polar surface area (TPSA) is 34.1 Å². The van der Waals surface area contributed by atoms with Gasteiger partial charge in [-0.3, -0.25) is 4.98 Å². The summed E-state index contributed by atoms with van der Waals surface area (Å²) in [5, 5.41) is 5.67. The van der Waals surface area contributed by atoms with Gasteiger partial charge in [0, 0.05) is 24.2 Å². The third-order valence-electron chi connectivity index (χ3n) is 4.57. The molecular weight excluding hydrogens is 303 g/mol. The van der Waals surface area contributed by atoms with E-state index >= 15 is 0 Å². The van der Waals surface area contributed by atoms with Crippen molar-refractivity contribution >= 4 is 10.8 Å². The standard InChI is InChI=1S/C20H19FN2O/c21-18-9-17(12-23-13-18)20(16-7-8-22-11-16)24-19-6-5-14-3-1-2-4-15(14)10-19/h1-6,9-10,12-13,16,20,22H,7-8,11H2/t16-,20+/m1/s1. The number of hydrogen-bond acceptors (Lipinski definition) is 3. The van der Waals surface area contributed by atoms with Gasteiger partial charge in [-0.1, -0.05) is 30.3 Å². The lowest BCUT2D eigenvalue weighted by Crippen LogP contribution is -2.21. The van der Waals surface area contributed by atoms with Gasteiger partial charge in [0.2, 0.25) is 0 Å². The Bertz CT molecular complexity index is 846. The number of aromatic nitrogens is 1. The Labute approximate surface area is 140 Å². The van der Waals surface area contributed by atoms with Crippen molar-refractivity contribution in [2.45, 2.75) is 12.5 Å². The number of pyridine rings is 1. The van der Waals surface area contributed by atoms with Crippen LogP contribution in [0, 0.1) is 11.7 Å². The fraction of sp³-hybridized carbons (Fsp3) is 0.250. The molecule has 0 spiro atoms. The number of rotatable bonds is 4. The first kappa shape index (κ1) is 15.1. The van der Waals surface area contributed by atoms with E-state index < -0.39 is 0 Å². The van der Waals surface area contributed by atoms with Gasteiger partial charge in [0.1, 0.15) is 17.7 Å². The van der Waals surface area contributed by atoms with Gasteiger partial charge >= 0.3 is 0 Å². The summed E-state index contributed by atoms with van der Waals surface area (Å²) in [5.41, 5.74) is 0.789. The average molecular weight is 322 g/mol. The smallest absolute Gasteiger partial charge is 0.141 e. The molecule has 2 aromatic carbocycles. The van der Waals surface area contributed by atoms with Crippen molar-refractivity contribution in [3.8, 4) is 5.75 Å². The van der Waals surface area contributed by atoms with Crippen LogP contribution in [0.2, 0.25) is 0 Å². The van der Waals surface area contributed by atoms with Crippen LogP contribution in [0.4, 0.5) is 4.39 Å². The molecule has 4 rings (SSSR count). The van der Waals surface area contributed by atoms with Crippen molar-refractivity contribution in [2.24, 2.45) is 5.92 Å². The van der Waals surface area contributed by atoms with Gasteiger partial charge in [-0.15, -0.1) is 0 Å². The van der Waals surface area contributed by atoms with E-state index in [4.69, 9.17) is 4.74 Å². The van der Waals surface area contributed by atoms with Gasteiger partial charge in [-0.2, -0.15) is 0 Å². The molecule has 3 aromatic rings. The molecule has 0 aliphatic carbocycles. The minimum atomic E-state index is -0.328. The van der Waals surface area contributed by atoms with Gasteiger partial charge in [0.05, 0.1) is 6.20 Å². The Kier molecular flexibility index (Phi) is 4.13. The number of hydrogen-bond donors (Lipinski definition) is 1. The van der Waals surface area contributed by atoms with Crippen LogP contribution in [-0.2, 0) is 0 Å². The molecule has 1 aromatic heterocycles. The fourth-order valence-electron chi connectivity index (χ4n) is 3.34. The van der Waals surface area contributed by atoms with Gasteiger partial charge in [-0.25, -0.2) is 4.39 Å². The third kappa shape index (κ3) is 3.10. The Hall–Kier alpha value is -2.46. The minimum Gasteiger partial charge on any atom is -0.485 e. The molecule has 2 heterocycles. The van der Waals surface area contributed by atoms with E-state index in [2.05, 4.69) is 28.5 Å². The highest BCUT2D eigenvalue weighted by molar-refractivity contribution is 5.83. The first-order chi connectivity index (χ1) is 11.8. The summed E-state index contributed by atoms with van der Waals surface area (Å²) in [7, 11) is 0. The van der Waals surface area contributed by atoms with Crippen molar-refractivity contribution in [1.82, 2.24) is 10.3 Å². The molecule has 0 saturated carbocycles. The first-order valence-electron chi connectivity index (χ1n) is 8.26. The molecule has 0 radical (unpaired) electrons. The molecule has 0 bridgehead atoms. The quantitative estimate of drug-likeness (QED) is 0.785.